The van der Waals surface area contributed by atoms with Crippen LogP contribution in [0.1, 0.15) is 29.9 Å². The van der Waals surface area contributed by atoms with Gasteiger partial charge in [0, 0.05) is 11.0 Å². The van der Waals surface area contributed by atoms with Crippen LogP contribution in [0, 0.1) is 5.41 Å². The van der Waals surface area contributed by atoms with Crippen molar-refractivity contribution in [2.24, 2.45) is 5.41 Å². The van der Waals surface area contributed by atoms with Crippen molar-refractivity contribution in [3.8, 4) is 0 Å². The summed E-state index contributed by atoms with van der Waals surface area (Å²) < 4.78 is 0.730. The monoisotopic (exact) mass is 319 g/mol. The van der Waals surface area contributed by atoms with Crippen molar-refractivity contribution < 1.29 is 14.7 Å². The number of rotatable bonds is 5. The highest BCUT2D eigenvalue weighted by Crippen LogP contribution is 2.24. The molecule has 1 aromatic heterocycles. The quantitative estimate of drug-likeness (QED) is 0.877. The second kappa shape index (κ2) is 5.64. The van der Waals surface area contributed by atoms with Crippen LogP contribution in [-0.2, 0) is 4.79 Å². The Morgan fingerprint density at radius 2 is 2.24 bits per heavy atom. The first kappa shape index (κ1) is 14.2. The van der Waals surface area contributed by atoms with Gasteiger partial charge in [-0.05, 0) is 40.7 Å². The zero-order valence-electron chi connectivity index (χ0n) is 9.62. The number of thiophene rings is 1. The molecule has 17 heavy (non-hydrogen) atoms. The number of aliphatic carboxylic acids is 1. The van der Waals surface area contributed by atoms with Crippen LogP contribution >= 0.6 is 27.3 Å². The third kappa shape index (κ3) is 3.29. The fraction of sp³-hybridized carbons (Fsp3) is 0.455. The molecule has 2 N–H and O–H groups in total. The Morgan fingerprint density at radius 1 is 1.59 bits per heavy atom. The smallest absolute Gasteiger partial charge is 0.311 e. The van der Waals surface area contributed by atoms with Crippen LogP contribution in [0.4, 0.5) is 0 Å². The Bertz CT molecular complexity index is 432. The number of halogens is 1. The van der Waals surface area contributed by atoms with Gasteiger partial charge in [-0.2, -0.15) is 0 Å². The highest BCUT2D eigenvalue weighted by molar-refractivity contribution is 9.10. The first-order valence-electron chi connectivity index (χ1n) is 5.15. The molecule has 1 heterocycles. The van der Waals surface area contributed by atoms with Crippen molar-refractivity contribution in [2.45, 2.75) is 20.3 Å². The summed E-state index contributed by atoms with van der Waals surface area (Å²) in [6.45, 7) is 3.54. The lowest BCUT2D eigenvalue weighted by Crippen LogP contribution is -2.40. The van der Waals surface area contributed by atoms with Gasteiger partial charge in [-0.1, -0.05) is 6.92 Å². The third-order valence-corrected chi connectivity index (χ3v) is 4.60. The normalized spacial score (nSPS) is 14.1. The molecule has 0 aliphatic heterocycles. The van der Waals surface area contributed by atoms with E-state index >= 15 is 0 Å². The van der Waals surface area contributed by atoms with Crippen molar-refractivity contribution in [2.75, 3.05) is 6.54 Å². The van der Waals surface area contributed by atoms with Crippen molar-refractivity contribution in [1.29, 1.82) is 0 Å². The lowest BCUT2D eigenvalue weighted by molar-refractivity contribution is -0.147. The number of carbonyl (C=O) groups excluding carboxylic acids is 1. The Kier molecular flexibility index (Phi) is 4.70. The summed E-state index contributed by atoms with van der Waals surface area (Å²) in [5.74, 6) is -1.14. The summed E-state index contributed by atoms with van der Waals surface area (Å²) in [6, 6.07) is 1.79. The van der Waals surface area contributed by atoms with Gasteiger partial charge in [0.15, 0.2) is 0 Å². The minimum absolute atomic E-state index is 0.127. The number of hydrogen-bond donors (Lipinski definition) is 2. The van der Waals surface area contributed by atoms with E-state index in [1.54, 1.807) is 25.3 Å². The topological polar surface area (TPSA) is 66.4 Å². The maximum atomic E-state index is 11.8. The molecule has 4 nitrogen and oxygen atoms in total. The molecular weight excluding hydrogens is 306 g/mol. The fourth-order valence-corrected chi connectivity index (χ4v) is 2.63. The SMILES string of the molecule is CCC(C)(CNC(=O)c1sccc1Br)C(=O)O. The molecule has 1 unspecified atom stereocenters. The Morgan fingerprint density at radius 3 is 2.65 bits per heavy atom. The molecular formula is C11H14BrNO3S. The number of hydrogen-bond acceptors (Lipinski definition) is 3. The summed E-state index contributed by atoms with van der Waals surface area (Å²) in [4.78, 5) is 23.4. The molecule has 1 amide bonds. The number of carboxylic acids is 1. The van der Waals surface area contributed by atoms with E-state index in [2.05, 4.69) is 21.2 Å². The van der Waals surface area contributed by atoms with Gasteiger partial charge >= 0.3 is 5.97 Å². The van der Waals surface area contributed by atoms with Crippen LogP contribution in [0.5, 0.6) is 0 Å². The first-order valence-corrected chi connectivity index (χ1v) is 6.82. The predicted molar refractivity (Wildman–Crippen MR) is 70.4 cm³/mol. The van der Waals surface area contributed by atoms with Gasteiger partial charge in [-0.3, -0.25) is 9.59 Å². The minimum atomic E-state index is -0.917. The van der Waals surface area contributed by atoms with E-state index in [0.29, 0.717) is 11.3 Å². The van der Waals surface area contributed by atoms with E-state index in [0.717, 1.165) is 4.47 Å². The molecule has 6 heteroatoms. The number of carbonyl (C=O) groups is 2. The summed E-state index contributed by atoms with van der Waals surface area (Å²) in [6.07, 6.45) is 0.466. The summed E-state index contributed by atoms with van der Waals surface area (Å²) in [5.41, 5.74) is -0.917. The summed E-state index contributed by atoms with van der Waals surface area (Å²) >= 11 is 4.58. The molecule has 1 rings (SSSR count). The van der Waals surface area contributed by atoms with Crippen LogP contribution < -0.4 is 5.32 Å². The highest BCUT2D eigenvalue weighted by atomic mass is 79.9. The molecule has 0 saturated heterocycles. The van der Waals surface area contributed by atoms with Gasteiger partial charge in [-0.15, -0.1) is 11.3 Å². The van der Waals surface area contributed by atoms with E-state index in [1.807, 2.05) is 0 Å². The van der Waals surface area contributed by atoms with Crippen LogP contribution in [0.15, 0.2) is 15.9 Å². The van der Waals surface area contributed by atoms with Crippen molar-refractivity contribution in [3.05, 3.63) is 20.8 Å². The zero-order chi connectivity index (χ0) is 13.1. The molecule has 1 atom stereocenters. The van der Waals surface area contributed by atoms with Gasteiger partial charge < -0.3 is 10.4 Å². The molecule has 94 valence electrons. The van der Waals surface area contributed by atoms with Crippen LogP contribution in [0.25, 0.3) is 0 Å². The van der Waals surface area contributed by atoms with E-state index in [4.69, 9.17) is 5.11 Å². The molecule has 0 radical (unpaired) electrons. The van der Waals surface area contributed by atoms with Crippen LogP contribution in [0.2, 0.25) is 0 Å². The number of nitrogens with one attached hydrogen (secondary N) is 1. The predicted octanol–water partition coefficient (Wildman–Crippen LogP) is 2.74. The molecule has 0 spiro atoms. The van der Waals surface area contributed by atoms with Crippen molar-refractivity contribution >= 4 is 39.1 Å². The Balaban J connectivity index is 2.66. The Labute approximate surface area is 112 Å². The van der Waals surface area contributed by atoms with Gasteiger partial charge in [0.05, 0.1) is 5.41 Å². The molecule has 0 aliphatic rings. The molecule has 0 aliphatic carbocycles. The maximum absolute atomic E-state index is 11.8. The van der Waals surface area contributed by atoms with E-state index in [-0.39, 0.29) is 12.5 Å². The van der Waals surface area contributed by atoms with Gasteiger partial charge in [0.2, 0.25) is 0 Å². The molecule has 0 fully saturated rings. The molecule has 0 aromatic carbocycles. The van der Waals surface area contributed by atoms with Crippen LogP contribution in [-0.4, -0.2) is 23.5 Å². The molecule has 0 saturated carbocycles. The Hall–Kier alpha value is -0.880. The lowest BCUT2D eigenvalue weighted by atomic mass is 9.88. The fourth-order valence-electron chi connectivity index (χ4n) is 1.16. The summed E-state index contributed by atoms with van der Waals surface area (Å²) in [7, 11) is 0. The largest absolute Gasteiger partial charge is 0.481 e. The van der Waals surface area contributed by atoms with Crippen molar-refractivity contribution in [1.82, 2.24) is 5.32 Å². The first-order chi connectivity index (χ1) is 7.90. The second-order valence-electron chi connectivity index (χ2n) is 4.00. The molecule has 0 bridgehead atoms. The average Bonchev–Trinajstić information content (AvgIpc) is 2.71. The third-order valence-electron chi connectivity index (χ3n) is 2.76. The molecule has 1 aromatic rings. The zero-order valence-corrected chi connectivity index (χ0v) is 12.0. The van der Waals surface area contributed by atoms with Gasteiger partial charge in [0.25, 0.3) is 5.91 Å². The van der Waals surface area contributed by atoms with Gasteiger partial charge in [-0.25, -0.2) is 0 Å². The van der Waals surface area contributed by atoms with E-state index in [1.165, 1.54) is 11.3 Å². The van der Waals surface area contributed by atoms with Crippen LogP contribution in [0.3, 0.4) is 0 Å². The van der Waals surface area contributed by atoms with E-state index in [9.17, 15) is 9.59 Å². The number of carboxylic acid groups (broad SMARTS) is 1. The average molecular weight is 320 g/mol. The number of amides is 1. The van der Waals surface area contributed by atoms with Crippen molar-refractivity contribution in [3.63, 3.8) is 0 Å². The minimum Gasteiger partial charge on any atom is -0.481 e. The summed E-state index contributed by atoms with van der Waals surface area (Å²) in [5, 5.41) is 13.5. The maximum Gasteiger partial charge on any atom is 0.311 e. The highest BCUT2D eigenvalue weighted by Gasteiger charge is 2.31. The van der Waals surface area contributed by atoms with Gasteiger partial charge in [0.1, 0.15) is 4.88 Å². The lowest BCUT2D eigenvalue weighted by Gasteiger charge is -2.23. The standard InChI is InChI=1S/C11H14BrNO3S/c1-3-11(2,10(15)16)6-13-9(14)8-7(12)4-5-17-8/h4-5H,3,6H2,1-2H3,(H,13,14)(H,15,16). The second-order valence-corrected chi connectivity index (χ2v) is 5.77. The van der Waals surface area contributed by atoms with E-state index < -0.39 is 11.4 Å².